The lowest BCUT2D eigenvalue weighted by Crippen LogP contribution is -2.38. The van der Waals surface area contributed by atoms with Gasteiger partial charge >= 0.3 is 0 Å². The first-order valence-corrected chi connectivity index (χ1v) is 5.35. The van der Waals surface area contributed by atoms with Crippen molar-refractivity contribution in [1.29, 1.82) is 0 Å². The molecule has 0 aromatic rings. The molecule has 5 heteroatoms. The molecule has 0 aromatic heterocycles. The van der Waals surface area contributed by atoms with E-state index in [0.717, 1.165) is 17.7 Å². The van der Waals surface area contributed by atoms with E-state index in [2.05, 4.69) is 5.32 Å². The van der Waals surface area contributed by atoms with Crippen LogP contribution >= 0.6 is 0 Å². The topological polar surface area (TPSA) is 66.5 Å². The summed E-state index contributed by atoms with van der Waals surface area (Å²) in [6.45, 7) is 2.14. The van der Waals surface area contributed by atoms with Crippen LogP contribution in [0.15, 0.2) is 12.2 Å². The molecular formula is C11H14N2O3. The largest absolute Gasteiger partial charge is 0.351 e. The van der Waals surface area contributed by atoms with Crippen molar-refractivity contribution in [2.45, 2.75) is 31.7 Å². The maximum Gasteiger partial charge on any atom is 0.253 e. The molecule has 3 amide bonds. The van der Waals surface area contributed by atoms with E-state index in [9.17, 15) is 14.4 Å². The first-order valence-electron chi connectivity index (χ1n) is 5.35. The predicted molar refractivity (Wildman–Crippen MR) is 56.3 cm³/mol. The summed E-state index contributed by atoms with van der Waals surface area (Å²) in [5.41, 5.74) is -0.0473. The monoisotopic (exact) mass is 222 g/mol. The lowest BCUT2D eigenvalue weighted by atomic mass is 10.3. The van der Waals surface area contributed by atoms with Crippen LogP contribution in [0.3, 0.4) is 0 Å². The van der Waals surface area contributed by atoms with Crippen molar-refractivity contribution in [2.75, 3.05) is 6.54 Å². The molecule has 0 atom stereocenters. The highest BCUT2D eigenvalue weighted by molar-refractivity contribution is 6.13. The Morgan fingerprint density at radius 2 is 1.94 bits per heavy atom. The van der Waals surface area contributed by atoms with Gasteiger partial charge in [-0.25, -0.2) is 0 Å². The average Bonchev–Trinajstić information content (AvgIpc) is 2.83. The highest BCUT2D eigenvalue weighted by Crippen LogP contribution is 2.34. The van der Waals surface area contributed by atoms with Crippen molar-refractivity contribution in [3.63, 3.8) is 0 Å². The summed E-state index contributed by atoms with van der Waals surface area (Å²) in [6, 6.07) is 0. The normalized spacial score (nSPS) is 21.4. The fourth-order valence-electron chi connectivity index (χ4n) is 1.58. The van der Waals surface area contributed by atoms with Gasteiger partial charge in [0.15, 0.2) is 0 Å². The summed E-state index contributed by atoms with van der Waals surface area (Å²) in [6.07, 6.45) is 4.63. The van der Waals surface area contributed by atoms with E-state index in [4.69, 9.17) is 0 Å². The van der Waals surface area contributed by atoms with Crippen molar-refractivity contribution in [1.82, 2.24) is 10.2 Å². The van der Waals surface area contributed by atoms with E-state index >= 15 is 0 Å². The second-order valence-electron chi connectivity index (χ2n) is 4.52. The molecule has 0 spiro atoms. The van der Waals surface area contributed by atoms with Crippen LogP contribution < -0.4 is 5.32 Å². The quantitative estimate of drug-likeness (QED) is 0.679. The summed E-state index contributed by atoms with van der Waals surface area (Å²) in [5, 5.41) is 2.88. The maximum absolute atomic E-state index is 11.5. The minimum atomic E-state index is -0.338. The Morgan fingerprint density at radius 3 is 2.44 bits per heavy atom. The van der Waals surface area contributed by atoms with E-state index in [1.165, 1.54) is 12.2 Å². The van der Waals surface area contributed by atoms with Gasteiger partial charge in [-0.3, -0.25) is 19.3 Å². The van der Waals surface area contributed by atoms with Crippen LogP contribution in [0.1, 0.15) is 26.2 Å². The van der Waals surface area contributed by atoms with Crippen LogP contribution in [0.2, 0.25) is 0 Å². The Morgan fingerprint density at radius 1 is 1.38 bits per heavy atom. The van der Waals surface area contributed by atoms with Gasteiger partial charge in [-0.15, -0.1) is 0 Å². The zero-order chi connectivity index (χ0) is 11.8. The van der Waals surface area contributed by atoms with Crippen molar-refractivity contribution < 1.29 is 14.4 Å². The van der Waals surface area contributed by atoms with E-state index in [1.54, 1.807) is 0 Å². The minimum absolute atomic E-state index is 0.0473. The number of rotatable bonds is 4. The fraction of sp³-hybridized carbons (Fsp3) is 0.545. The van der Waals surface area contributed by atoms with Gasteiger partial charge in [0.2, 0.25) is 5.91 Å². The van der Waals surface area contributed by atoms with E-state index in [-0.39, 0.29) is 36.2 Å². The van der Waals surface area contributed by atoms with Crippen molar-refractivity contribution >= 4 is 17.7 Å². The lowest BCUT2D eigenvalue weighted by molar-refractivity contribution is -0.137. The van der Waals surface area contributed by atoms with Gasteiger partial charge in [-0.2, -0.15) is 0 Å². The highest BCUT2D eigenvalue weighted by atomic mass is 16.2. The zero-order valence-corrected chi connectivity index (χ0v) is 9.16. The molecule has 0 unspecified atom stereocenters. The molecule has 1 aliphatic heterocycles. The summed E-state index contributed by atoms with van der Waals surface area (Å²) in [4.78, 5) is 34.9. The SMILES string of the molecule is CC1(NC(=O)CCN2C(=O)C=CC2=O)CC1. The number of carbonyl (C=O) groups is 3. The van der Waals surface area contributed by atoms with Gasteiger partial charge in [0.25, 0.3) is 11.8 Å². The number of hydrogen-bond acceptors (Lipinski definition) is 3. The molecule has 1 saturated carbocycles. The number of hydrogen-bond donors (Lipinski definition) is 1. The Bertz CT molecular complexity index is 365. The zero-order valence-electron chi connectivity index (χ0n) is 9.16. The second kappa shape index (κ2) is 3.73. The molecular weight excluding hydrogens is 208 g/mol. The summed E-state index contributed by atoms with van der Waals surface area (Å²) < 4.78 is 0. The molecule has 2 aliphatic rings. The van der Waals surface area contributed by atoms with E-state index in [1.807, 2.05) is 6.92 Å². The first kappa shape index (κ1) is 10.9. The van der Waals surface area contributed by atoms with Gasteiger partial charge in [0.05, 0.1) is 0 Å². The molecule has 1 N–H and O–H groups in total. The maximum atomic E-state index is 11.5. The standard InChI is InChI=1S/C11H14N2O3/c1-11(5-6-11)12-8(14)4-7-13-9(15)2-3-10(13)16/h2-3H,4-7H2,1H3,(H,12,14). The van der Waals surface area contributed by atoms with Crippen molar-refractivity contribution in [3.05, 3.63) is 12.2 Å². The first-order chi connectivity index (χ1) is 7.50. The Hall–Kier alpha value is -1.65. The van der Waals surface area contributed by atoms with Crippen LogP contribution in [0.4, 0.5) is 0 Å². The molecule has 0 bridgehead atoms. The van der Waals surface area contributed by atoms with Gasteiger partial charge in [-0.1, -0.05) is 0 Å². The number of nitrogens with one attached hydrogen (secondary N) is 1. The Kier molecular flexibility index (Phi) is 2.53. The molecule has 16 heavy (non-hydrogen) atoms. The molecule has 0 saturated heterocycles. The molecule has 1 heterocycles. The lowest BCUT2D eigenvalue weighted by Gasteiger charge is -2.15. The molecule has 2 rings (SSSR count). The second-order valence-corrected chi connectivity index (χ2v) is 4.52. The van der Waals surface area contributed by atoms with Gasteiger partial charge < -0.3 is 5.32 Å². The van der Waals surface area contributed by atoms with Gasteiger partial charge in [0.1, 0.15) is 0 Å². The number of imide groups is 1. The summed E-state index contributed by atoms with van der Waals surface area (Å²) in [7, 11) is 0. The van der Waals surface area contributed by atoms with Crippen LogP contribution in [0.25, 0.3) is 0 Å². The Balaban J connectivity index is 1.77. The summed E-state index contributed by atoms with van der Waals surface area (Å²) >= 11 is 0. The number of amides is 3. The van der Waals surface area contributed by atoms with Gasteiger partial charge in [0, 0.05) is 30.7 Å². The van der Waals surface area contributed by atoms with E-state index < -0.39 is 0 Å². The fourth-order valence-corrected chi connectivity index (χ4v) is 1.58. The van der Waals surface area contributed by atoms with Crippen molar-refractivity contribution in [2.24, 2.45) is 0 Å². The molecule has 1 aliphatic carbocycles. The predicted octanol–water partition coefficient (Wildman–Crippen LogP) is -0.0298. The molecule has 86 valence electrons. The van der Waals surface area contributed by atoms with Crippen LogP contribution in [-0.2, 0) is 14.4 Å². The van der Waals surface area contributed by atoms with Crippen LogP contribution in [0.5, 0.6) is 0 Å². The number of nitrogens with zero attached hydrogens (tertiary/aromatic N) is 1. The third-order valence-corrected chi connectivity index (χ3v) is 2.90. The van der Waals surface area contributed by atoms with Gasteiger partial charge in [-0.05, 0) is 19.8 Å². The van der Waals surface area contributed by atoms with E-state index in [0.29, 0.717) is 0 Å². The molecule has 5 nitrogen and oxygen atoms in total. The molecule has 1 fully saturated rings. The van der Waals surface area contributed by atoms with Crippen LogP contribution in [-0.4, -0.2) is 34.7 Å². The number of carbonyl (C=O) groups excluding carboxylic acids is 3. The Labute approximate surface area is 93.5 Å². The molecule has 0 aromatic carbocycles. The third kappa shape index (κ3) is 2.29. The summed E-state index contributed by atoms with van der Waals surface area (Å²) in [5.74, 6) is -0.779. The minimum Gasteiger partial charge on any atom is -0.351 e. The smallest absolute Gasteiger partial charge is 0.253 e. The molecule has 0 radical (unpaired) electrons. The van der Waals surface area contributed by atoms with Crippen molar-refractivity contribution in [3.8, 4) is 0 Å². The van der Waals surface area contributed by atoms with Crippen LogP contribution in [0, 0.1) is 0 Å². The highest BCUT2D eigenvalue weighted by Gasteiger charge is 2.38. The average molecular weight is 222 g/mol. The third-order valence-electron chi connectivity index (χ3n) is 2.90.